The van der Waals surface area contributed by atoms with Crippen LogP contribution in [0.1, 0.15) is 23.6 Å². The molecule has 1 amide bonds. The summed E-state index contributed by atoms with van der Waals surface area (Å²) in [5, 5.41) is 2.88. The Bertz CT molecular complexity index is 668. The second kappa shape index (κ2) is 7.77. The number of nitrogens with zero attached hydrogens (tertiary/aromatic N) is 1. The van der Waals surface area contributed by atoms with Crippen LogP contribution >= 0.6 is 0 Å². The highest BCUT2D eigenvalue weighted by Crippen LogP contribution is 2.20. The van der Waals surface area contributed by atoms with Crippen molar-refractivity contribution in [2.75, 3.05) is 18.0 Å². The van der Waals surface area contributed by atoms with Crippen LogP contribution in [0.5, 0.6) is 0 Å². The quantitative estimate of drug-likeness (QED) is 0.884. The lowest BCUT2D eigenvalue weighted by molar-refractivity contribution is -0.119. The summed E-state index contributed by atoms with van der Waals surface area (Å²) in [4.78, 5) is 14.2. The average molecular weight is 314 g/mol. The zero-order valence-electron chi connectivity index (χ0n) is 13.9. The van der Waals surface area contributed by atoms with Crippen LogP contribution < -0.4 is 10.2 Å². The fourth-order valence-corrected chi connectivity index (χ4v) is 2.56. The van der Waals surface area contributed by atoms with Gasteiger partial charge >= 0.3 is 0 Å². The van der Waals surface area contributed by atoms with Crippen LogP contribution in [0.15, 0.2) is 42.5 Å². The van der Waals surface area contributed by atoms with Crippen LogP contribution in [0.3, 0.4) is 0 Å². The molecule has 4 heteroatoms. The second-order valence-corrected chi connectivity index (χ2v) is 5.71. The molecule has 0 fully saturated rings. The van der Waals surface area contributed by atoms with Crippen LogP contribution in [0, 0.1) is 19.7 Å². The molecule has 23 heavy (non-hydrogen) atoms. The number of amides is 1. The van der Waals surface area contributed by atoms with Crippen LogP contribution in [-0.2, 0) is 11.3 Å². The lowest BCUT2D eigenvalue weighted by atomic mass is 10.1. The third kappa shape index (κ3) is 4.81. The summed E-state index contributed by atoms with van der Waals surface area (Å²) >= 11 is 0. The Kier molecular flexibility index (Phi) is 5.74. The summed E-state index contributed by atoms with van der Waals surface area (Å²) in [7, 11) is 0. The summed E-state index contributed by atoms with van der Waals surface area (Å²) in [6.45, 7) is 7.62. The van der Waals surface area contributed by atoms with Gasteiger partial charge < -0.3 is 10.2 Å². The lowest BCUT2D eigenvalue weighted by Gasteiger charge is -2.24. The van der Waals surface area contributed by atoms with Crippen LogP contribution in [0.4, 0.5) is 10.1 Å². The van der Waals surface area contributed by atoms with E-state index in [2.05, 4.69) is 42.3 Å². The molecule has 0 saturated heterocycles. The molecule has 0 spiro atoms. The molecular weight excluding hydrogens is 291 g/mol. The molecule has 0 heterocycles. The van der Waals surface area contributed by atoms with E-state index in [1.54, 1.807) is 12.1 Å². The number of benzene rings is 2. The van der Waals surface area contributed by atoms with Gasteiger partial charge in [-0.2, -0.15) is 0 Å². The van der Waals surface area contributed by atoms with Crippen molar-refractivity contribution in [3.63, 3.8) is 0 Å². The maximum Gasteiger partial charge on any atom is 0.239 e. The summed E-state index contributed by atoms with van der Waals surface area (Å²) in [6, 6.07) is 12.4. The summed E-state index contributed by atoms with van der Waals surface area (Å²) in [5.74, 6) is -0.316. The first-order valence-electron chi connectivity index (χ1n) is 7.83. The highest BCUT2D eigenvalue weighted by Gasteiger charge is 2.12. The standard InChI is InChI=1S/C19H23FN2O/c1-4-22(18-10-5-14(2)11-15(18)3)13-19(23)21-12-16-6-8-17(20)9-7-16/h5-11H,4,12-13H2,1-3H3,(H,21,23). The van der Waals surface area contributed by atoms with Gasteiger partial charge in [-0.1, -0.05) is 29.8 Å². The van der Waals surface area contributed by atoms with Gasteiger partial charge in [-0.15, -0.1) is 0 Å². The molecule has 0 unspecified atom stereocenters. The van der Waals surface area contributed by atoms with E-state index in [0.717, 1.165) is 23.4 Å². The molecule has 0 aliphatic rings. The largest absolute Gasteiger partial charge is 0.362 e. The fourth-order valence-electron chi connectivity index (χ4n) is 2.56. The number of halogens is 1. The van der Waals surface area contributed by atoms with Crippen molar-refractivity contribution >= 4 is 11.6 Å². The van der Waals surface area contributed by atoms with Gasteiger partial charge in [0.2, 0.25) is 5.91 Å². The van der Waals surface area contributed by atoms with Crippen molar-refractivity contribution in [3.8, 4) is 0 Å². The molecule has 2 aromatic rings. The number of carbonyl (C=O) groups excluding carboxylic acids is 1. The van der Waals surface area contributed by atoms with E-state index in [0.29, 0.717) is 13.1 Å². The number of hydrogen-bond donors (Lipinski definition) is 1. The van der Waals surface area contributed by atoms with Gasteiger partial charge in [-0.25, -0.2) is 4.39 Å². The molecule has 1 N–H and O–H groups in total. The van der Waals surface area contributed by atoms with Crippen molar-refractivity contribution in [1.29, 1.82) is 0 Å². The molecular formula is C19H23FN2O. The maximum atomic E-state index is 12.9. The Labute approximate surface area is 137 Å². The smallest absolute Gasteiger partial charge is 0.239 e. The van der Waals surface area contributed by atoms with Crippen molar-refractivity contribution in [2.24, 2.45) is 0 Å². The van der Waals surface area contributed by atoms with Crippen molar-refractivity contribution in [2.45, 2.75) is 27.3 Å². The molecule has 0 radical (unpaired) electrons. The molecule has 122 valence electrons. The number of nitrogens with one attached hydrogen (secondary N) is 1. The molecule has 0 bridgehead atoms. The summed E-state index contributed by atoms with van der Waals surface area (Å²) in [6.07, 6.45) is 0. The van der Waals surface area contributed by atoms with Gasteiger partial charge in [0.1, 0.15) is 5.82 Å². The van der Waals surface area contributed by atoms with Gasteiger partial charge in [0.05, 0.1) is 6.54 Å². The normalized spacial score (nSPS) is 10.4. The molecule has 0 aliphatic heterocycles. The second-order valence-electron chi connectivity index (χ2n) is 5.71. The molecule has 2 rings (SSSR count). The predicted octanol–water partition coefficient (Wildman–Crippen LogP) is 3.59. The Morgan fingerprint density at radius 2 is 1.83 bits per heavy atom. The average Bonchev–Trinajstić information content (AvgIpc) is 2.52. The number of rotatable bonds is 6. The van der Waals surface area contributed by atoms with Gasteiger partial charge in [0, 0.05) is 18.8 Å². The monoisotopic (exact) mass is 314 g/mol. The van der Waals surface area contributed by atoms with Gasteiger partial charge in [0.25, 0.3) is 0 Å². The summed E-state index contributed by atoms with van der Waals surface area (Å²) < 4.78 is 12.9. The Hall–Kier alpha value is -2.36. The third-order valence-electron chi connectivity index (χ3n) is 3.81. The number of carbonyl (C=O) groups is 1. The molecule has 3 nitrogen and oxygen atoms in total. The fraction of sp³-hybridized carbons (Fsp3) is 0.316. The van der Waals surface area contributed by atoms with Crippen LogP contribution in [-0.4, -0.2) is 19.0 Å². The SMILES string of the molecule is CCN(CC(=O)NCc1ccc(F)cc1)c1ccc(C)cc1C. The summed E-state index contributed by atoms with van der Waals surface area (Å²) in [5.41, 5.74) is 4.34. The molecule has 0 aliphatic carbocycles. The highest BCUT2D eigenvalue weighted by molar-refractivity contribution is 5.81. The maximum absolute atomic E-state index is 12.9. The molecule has 0 saturated carbocycles. The number of aryl methyl sites for hydroxylation is 2. The minimum absolute atomic E-state index is 0.0452. The van der Waals surface area contributed by atoms with Gasteiger partial charge in [0.15, 0.2) is 0 Å². The lowest BCUT2D eigenvalue weighted by Crippen LogP contribution is -2.37. The van der Waals surface area contributed by atoms with E-state index in [-0.39, 0.29) is 11.7 Å². The van der Waals surface area contributed by atoms with E-state index in [1.807, 2.05) is 6.92 Å². The van der Waals surface area contributed by atoms with Crippen LogP contribution in [0.2, 0.25) is 0 Å². The first kappa shape index (κ1) is 17.0. The highest BCUT2D eigenvalue weighted by atomic mass is 19.1. The number of hydrogen-bond acceptors (Lipinski definition) is 2. The van der Waals surface area contributed by atoms with Gasteiger partial charge in [-0.05, 0) is 50.1 Å². The van der Waals surface area contributed by atoms with E-state index in [1.165, 1.54) is 17.7 Å². The zero-order chi connectivity index (χ0) is 16.8. The molecule has 0 atom stereocenters. The topological polar surface area (TPSA) is 32.3 Å². The van der Waals surface area contributed by atoms with E-state index in [9.17, 15) is 9.18 Å². The first-order valence-corrected chi connectivity index (χ1v) is 7.83. The van der Waals surface area contributed by atoms with Crippen molar-refractivity contribution in [1.82, 2.24) is 5.32 Å². The molecule has 0 aromatic heterocycles. The van der Waals surface area contributed by atoms with E-state index >= 15 is 0 Å². The number of anilines is 1. The van der Waals surface area contributed by atoms with Crippen molar-refractivity contribution in [3.05, 3.63) is 65.0 Å². The van der Waals surface area contributed by atoms with Gasteiger partial charge in [-0.3, -0.25) is 4.79 Å². The first-order chi connectivity index (χ1) is 11.0. The molecule has 2 aromatic carbocycles. The number of likely N-dealkylation sites (N-methyl/N-ethyl adjacent to an activating group) is 1. The minimum Gasteiger partial charge on any atom is -0.362 e. The predicted molar refractivity (Wildman–Crippen MR) is 92.0 cm³/mol. The Morgan fingerprint density at radius 1 is 1.13 bits per heavy atom. The third-order valence-corrected chi connectivity index (χ3v) is 3.81. The van der Waals surface area contributed by atoms with E-state index in [4.69, 9.17) is 0 Å². The Morgan fingerprint density at radius 3 is 2.43 bits per heavy atom. The van der Waals surface area contributed by atoms with Crippen molar-refractivity contribution < 1.29 is 9.18 Å². The van der Waals surface area contributed by atoms with Crippen LogP contribution in [0.25, 0.3) is 0 Å². The minimum atomic E-state index is -0.271. The van der Waals surface area contributed by atoms with E-state index < -0.39 is 0 Å². The Balaban J connectivity index is 1.95. The zero-order valence-corrected chi connectivity index (χ0v) is 13.9.